The van der Waals surface area contributed by atoms with E-state index in [0.29, 0.717) is 0 Å². The molecule has 1 aliphatic heterocycles. The van der Waals surface area contributed by atoms with Gasteiger partial charge < -0.3 is 9.67 Å². The fraction of sp³-hybridized carbons (Fsp3) is 0.409. The Morgan fingerprint density at radius 1 is 1.14 bits per heavy atom. The van der Waals surface area contributed by atoms with Gasteiger partial charge in [-0.2, -0.15) is 0 Å². The highest BCUT2D eigenvalue weighted by Gasteiger charge is 2.28. The molecule has 3 aromatic rings. The summed E-state index contributed by atoms with van der Waals surface area (Å²) in [5.74, 6) is 1.79. The number of hydrogen-bond donors (Lipinski definition) is 1. The molecule has 3 heterocycles. The fourth-order valence-electron chi connectivity index (χ4n) is 3.93. The number of aliphatic hydroxyl groups excluding tert-OH is 1. The number of imidazole rings is 1. The van der Waals surface area contributed by atoms with Crippen LogP contribution in [0, 0.1) is 12.8 Å². The van der Waals surface area contributed by atoms with Crippen LogP contribution in [0.5, 0.6) is 0 Å². The van der Waals surface area contributed by atoms with Gasteiger partial charge in [0, 0.05) is 49.5 Å². The Hall–Kier alpha value is -2.57. The molecule has 1 N–H and O–H groups in total. The molecule has 1 aromatic carbocycles. The first kappa shape index (κ1) is 18.8. The summed E-state index contributed by atoms with van der Waals surface area (Å²) >= 11 is 0. The lowest BCUT2D eigenvalue weighted by molar-refractivity contribution is 0.0491. The molecule has 1 saturated heterocycles. The highest BCUT2D eigenvalue weighted by atomic mass is 16.3. The summed E-state index contributed by atoms with van der Waals surface area (Å²) in [6, 6.07) is 8.25. The minimum Gasteiger partial charge on any atom is -0.385 e. The predicted molar refractivity (Wildman–Crippen MR) is 108 cm³/mol. The number of benzene rings is 1. The van der Waals surface area contributed by atoms with Crippen molar-refractivity contribution in [1.82, 2.24) is 24.4 Å². The minimum atomic E-state index is -0.487. The van der Waals surface area contributed by atoms with Gasteiger partial charge in [-0.15, -0.1) is 0 Å². The van der Waals surface area contributed by atoms with Crippen LogP contribution < -0.4 is 0 Å². The van der Waals surface area contributed by atoms with Gasteiger partial charge in [-0.05, 0) is 44.8 Å². The molecule has 1 fully saturated rings. The number of nitrogens with zero attached hydrogens (tertiary/aromatic N) is 5. The normalized spacial score (nSPS) is 17.0. The van der Waals surface area contributed by atoms with E-state index in [9.17, 15) is 5.11 Å². The summed E-state index contributed by atoms with van der Waals surface area (Å²) in [6.07, 6.45) is 8.94. The van der Waals surface area contributed by atoms with Crippen molar-refractivity contribution in [3.05, 3.63) is 66.0 Å². The molecule has 0 amide bonds. The highest BCUT2D eigenvalue weighted by molar-refractivity contribution is 5.55. The van der Waals surface area contributed by atoms with Gasteiger partial charge in [0.1, 0.15) is 11.9 Å². The minimum absolute atomic E-state index is 0.261. The van der Waals surface area contributed by atoms with Gasteiger partial charge in [0.25, 0.3) is 0 Å². The quantitative estimate of drug-likeness (QED) is 0.740. The van der Waals surface area contributed by atoms with Crippen molar-refractivity contribution in [2.75, 3.05) is 13.1 Å². The Bertz CT molecular complexity index is 913. The lowest BCUT2D eigenvalue weighted by Crippen LogP contribution is -2.35. The second-order valence-electron chi connectivity index (χ2n) is 7.74. The molecule has 0 aliphatic carbocycles. The fourth-order valence-corrected chi connectivity index (χ4v) is 3.93. The van der Waals surface area contributed by atoms with Crippen LogP contribution in [0.15, 0.2) is 49.1 Å². The molecule has 4 rings (SSSR count). The van der Waals surface area contributed by atoms with Gasteiger partial charge in [0.2, 0.25) is 0 Å². The number of likely N-dealkylation sites (tertiary alicyclic amines) is 1. The van der Waals surface area contributed by atoms with Crippen LogP contribution >= 0.6 is 0 Å². The molecule has 1 aliphatic rings. The van der Waals surface area contributed by atoms with E-state index in [0.717, 1.165) is 55.3 Å². The van der Waals surface area contributed by atoms with Gasteiger partial charge in [0.05, 0.1) is 0 Å². The maximum absolute atomic E-state index is 10.6. The Labute approximate surface area is 165 Å². The Morgan fingerprint density at radius 3 is 2.54 bits per heavy atom. The Balaban J connectivity index is 1.33. The Morgan fingerprint density at radius 2 is 1.89 bits per heavy atom. The van der Waals surface area contributed by atoms with Crippen LogP contribution in [0.4, 0.5) is 0 Å². The van der Waals surface area contributed by atoms with E-state index < -0.39 is 6.10 Å². The van der Waals surface area contributed by atoms with Crippen molar-refractivity contribution in [2.24, 2.45) is 13.0 Å². The zero-order valence-electron chi connectivity index (χ0n) is 16.5. The van der Waals surface area contributed by atoms with Crippen LogP contribution in [-0.2, 0) is 13.6 Å². The maximum Gasteiger partial charge on any atom is 0.159 e. The zero-order chi connectivity index (χ0) is 19.5. The first-order chi connectivity index (χ1) is 13.6. The second kappa shape index (κ2) is 8.20. The van der Waals surface area contributed by atoms with Crippen molar-refractivity contribution in [1.29, 1.82) is 0 Å². The van der Waals surface area contributed by atoms with Crippen molar-refractivity contribution in [2.45, 2.75) is 32.4 Å². The summed E-state index contributed by atoms with van der Waals surface area (Å²) in [6.45, 7) is 4.85. The van der Waals surface area contributed by atoms with Crippen molar-refractivity contribution >= 4 is 0 Å². The molecule has 6 heteroatoms. The number of aryl methyl sites for hydroxylation is 2. The average Bonchev–Trinajstić information content (AvgIpc) is 3.14. The van der Waals surface area contributed by atoms with Crippen molar-refractivity contribution in [3.8, 4) is 11.4 Å². The molecule has 1 atom stereocenters. The third-order valence-corrected chi connectivity index (χ3v) is 5.59. The number of piperidine rings is 1. The lowest BCUT2D eigenvalue weighted by atomic mass is 9.90. The van der Waals surface area contributed by atoms with Gasteiger partial charge in [-0.25, -0.2) is 15.0 Å². The van der Waals surface area contributed by atoms with E-state index in [1.54, 1.807) is 6.20 Å². The molecule has 0 saturated carbocycles. The first-order valence-corrected chi connectivity index (χ1v) is 9.86. The number of aromatic nitrogens is 4. The van der Waals surface area contributed by atoms with E-state index in [1.165, 1.54) is 5.56 Å². The van der Waals surface area contributed by atoms with E-state index in [-0.39, 0.29) is 5.92 Å². The van der Waals surface area contributed by atoms with E-state index >= 15 is 0 Å². The molecule has 28 heavy (non-hydrogen) atoms. The van der Waals surface area contributed by atoms with Crippen molar-refractivity contribution in [3.63, 3.8) is 0 Å². The van der Waals surface area contributed by atoms with Crippen LogP contribution in [0.25, 0.3) is 11.4 Å². The number of aliphatic hydroxyl groups is 1. The monoisotopic (exact) mass is 377 g/mol. The van der Waals surface area contributed by atoms with Crippen LogP contribution in [0.1, 0.15) is 35.9 Å². The molecular formula is C22H27N5O. The number of hydrogen-bond acceptors (Lipinski definition) is 5. The predicted octanol–water partition coefficient (Wildman–Crippen LogP) is 3.13. The van der Waals surface area contributed by atoms with Gasteiger partial charge in [-0.3, -0.25) is 4.90 Å². The molecule has 6 nitrogen and oxygen atoms in total. The summed E-state index contributed by atoms with van der Waals surface area (Å²) < 4.78 is 1.91. The number of rotatable bonds is 5. The average molecular weight is 377 g/mol. The van der Waals surface area contributed by atoms with Crippen LogP contribution in [-0.4, -0.2) is 42.6 Å². The third-order valence-electron chi connectivity index (χ3n) is 5.59. The molecule has 0 radical (unpaired) electrons. The Kier molecular flexibility index (Phi) is 5.50. The third kappa shape index (κ3) is 4.13. The van der Waals surface area contributed by atoms with Gasteiger partial charge >= 0.3 is 0 Å². The van der Waals surface area contributed by atoms with E-state index in [2.05, 4.69) is 38.9 Å². The molecule has 2 aromatic heterocycles. The summed E-state index contributed by atoms with van der Waals surface area (Å²) in [5, 5.41) is 10.6. The van der Waals surface area contributed by atoms with E-state index in [1.807, 2.05) is 42.3 Å². The molecule has 0 bridgehead atoms. The second-order valence-corrected chi connectivity index (χ2v) is 7.74. The van der Waals surface area contributed by atoms with Crippen LogP contribution in [0.3, 0.4) is 0 Å². The zero-order valence-corrected chi connectivity index (χ0v) is 16.5. The van der Waals surface area contributed by atoms with Gasteiger partial charge in [-0.1, -0.05) is 23.8 Å². The standard InChI is InChI=1S/C22H27N5O/c1-16-4-3-5-19(12-16)21-24-13-17(14-25-21)15-27-9-6-18(7-10-27)20(28)22-23-8-11-26(22)2/h3-5,8,11-14,18,20,28H,6-7,9-10,15H2,1-2H3. The summed E-state index contributed by atoms with van der Waals surface area (Å²) in [4.78, 5) is 15.8. The first-order valence-electron chi connectivity index (χ1n) is 9.86. The van der Waals surface area contributed by atoms with Crippen molar-refractivity contribution < 1.29 is 5.11 Å². The molecule has 146 valence electrons. The smallest absolute Gasteiger partial charge is 0.159 e. The topological polar surface area (TPSA) is 67.1 Å². The molecule has 1 unspecified atom stereocenters. The molecule has 0 spiro atoms. The summed E-state index contributed by atoms with van der Waals surface area (Å²) in [7, 11) is 1.93. The highest BCUT2D eigenvalue weighted by Crippen LogP contribution is 2.30. The molecular weight excluding hydrogens is 350 g/mol. The summed E-state index contributed by atoms with van der Waals surface area (Å²) in [5.41, 5.74) is 3.39. The SMILES string of the molecule is Cc1cccc(-c2ncc(CN3CCC(C(O)c4nccn4C)CC3)cn2)c1. The maximum atomic E-state index is 10.6. The van der Waals surface area contributed by atoms with Gasteiger partial charge in [0.15, 0.2) is 5.82 Å². The van der Waals surface area contributed by atoms with E-state index in [4.69, 9.17) is 0 Å². The largest absolute Gasteiger partial charge is 0.385 e. The lowest BCUT2D eigenvalue weighted by Gasteiger charge is -2.33. The van der Waals surface area contributed by atoms with Crippen LogP contribution in [0.2, 0.25) is 0 Å².